The van der Waals surface area contributed by atoms with Gasteiger partial charge < -0.3 is 5.73 Å². The molecule has 60 valence electrons. The van der Waals surface area contributed by atoms with Crippen molar-refractivity contribution in [1.29, 1.82) is 0 Å². The molecule has 0 aromatic rings. The highest BCUT2D eigenvalue weighted by molar-refractivity contribution is 4.83. The Kier molecular flexibility index (Phi) is 1.95. The number of nitrogens with two attached hydrogens (primary N) is 1. The molecule has 1 saturated carbocycles. The third-order valence-electron chi connectivity index (χ3n) is 1.91. The molecule has 0 heterocycles. The summed E-state index contributed by atoms with van der Waals surface area (Å²) in [6.07, 6.45) is 0.633. The Labute approximate surface area is 59.6 Å². The maximum absolute atomic E-state index is 12.6. The van der Waals surface area contributed by atoms with Crippen molar-refractivity contribution in [2.75, 3.05) is 0 Å². The van der Waals surface area contributed by atoms with Gasteiger partial charge in [-0.2, -0.15) is 0 Å². The van der Waals surface area contributed by atoms with Crippen molar-refractivity contribution in [2.24, 2.45) is 11.7 Å². The van der Waals surface area contributed by atoms with Gasteiger partial charge in [-0.3, -0.25) is 0 Å². The summed E-state index contributed by atoms with van der Waals surface area (Å²) >= 11 is 0. The van der Waals surface area contributed by atoms with Gasteiger partial charge in [-0.1, -0.05) is 6.92 Å². The van der Waals surface area contributed by atoms with Gasteiger partial charge in [0.1, 0.15) is 0 Å². The lowest BCUT2D eigenvalue weighted by Gasteiger charge is -2.30. The van der Waals surface area contributed by atoms with Gasteiger partial charge in [-0.05, 0) is 12.3 Å². The third-order valence-corrected chi connectivity index (χ3v) is 1.91. The number of alkyl halides is 2. The second kappa shape index (κ2) is 2.46. The molecule has 0 bridgehead atoms. The summed E-state index contributed by atoms with van der Waals surface area (Å²) in [5, 5.41) is 0. The first-order chi connectivity index (χ1) is 4.49. The first-order valence-electron chi connectivity index (χ1n) is 3.63. The molecule has 3 heteroatoms. The average molecular weight is 149 g/mol. The minimum absolute atomic E-state index is 0.0146. The van der Waals surface area contributed by atoms with Crippen LogP contribution in [0.25, 0.3) is 0 Å². The van der Waals surface area contributed by atoms with E-state index in [1.165, 1.54) is 0 Å². The van der Waals surface area contributed by atoms with E-state index in [-0.39, 0.29) is 24.8 Å². The van der Waals surface area contributed by atoms with Gasteiger partial charge in [0.05, 0.1) is 0 Å². The van der Waals surface area contributed by atoms with E-state index >= 15 is 0 Å². The van der Waals surface area contributed by atoms with E-state index in [1.807, 2.05) is 6.92 Å². The van der Waals surface area contributed by atoms with Crippen LogP contribution in [0.1, 0.15) is 26.2 Å². The van der Waals surface area contributed by atoms with Gasteiger partial charge >= 0.3 is 0 Å². The van der Waals surface area contributed by atoms with Crippen LogP contribution in [-0.4, -0.2) is 12.0 Å². The minimum atomic E-state index is -2.50. The maximum Gasteiger partial charge on any atom is 0.249 e. The Bertz CT molecular complexity index is 113. The van der Waals surface area contributed by atoms with E-state index in [0.717, 1.165) is 6.42 Å². The molecule has 0 aliphatic heterocycles. The Balaban J connectivity index is 2.51. The predicted octanol–water partition coefficient (Wildman–Crippen LogP) is 1.77. The van der Waals surface area contributed by atoms with Gasteiger partial charge in [0.15, 0.2) is 0 Å². The summed E-state index contributed by atoms with van der Waals surface area (Å²) in [6.45, 7) is 1.83. The van der Waals surface area contributed by atoms with E-state index in [1.54, 1.807) is 0 Å². The van der Waals surface area contributed by atoms with Crippen LogP contribution in [0.5, 0.6) is 0 Å². The van der Waals surface area contributed by atoms with E-state index in [9.17, 15) is 8.78 Å². The molecule has 1 rings (SSSR count). The summed E-state index contributed by atoms with van der Waals surface area (Å²) in [4.78, 5) is 0. The normalized spacial score (nSPS) is 39.6. The summed E-state index contributed by atoms with van der Waals surface area (Å²) in [5.41, 5.74) is 5.42. The quantitative estimate of drug-likeness (QED) is 0.558. The minimum Gasteiger partial charge on any atom is -0.327 e. The van der Waals surface area contributed by atoms with Crippen LogP contribution < -0.4 is 5.73 Å². The van der Waals surface area contributed by atoms with Gasteiger partial charge in [-0.15, -0.1) is 0 Å². The van der Waals surface area contributed by atoms with Crippen LogP contribution in [0.2, 0.25) is 0 Å². The van der Waals surface area contributed by atoms with Crippen LogP contribution in [0.15, 0.2) is 0 Å². The fourth-order valence-electron chi connectivity index (χ4n) is 1.66. The molecule has 2 unspecified atom stereocenters. The molecule has 0 aromatic carbocycles. The van der Waals surface area contributed by atoms with E-state index in [4.69, 9.17) is 5.73 Å². The van der Waals surface area contributed by atoms with Crippen LogP contribution in [-0.2, 0) is 0 Å². The Hall–Kier alpha value is -0.180. The molecule has 0 amide bonds. The summed E-state index contributed by atoms with van der Waals surface area (Å²) in [7, 11) is 0. The lowest BCUT2D eigenvalue weighted by atomic mass is 9.85. The van der Waals surface area contributed by atoms with Crippen molar-refractivity contribution in [2.45, 2.75) is 38.2 Å². The molecule has 10 heavy (non-hydrogen) atoms. The highest BCUT2D eigenvalue weighted by atomic mass is 19.3. The number of rotatable bonds is 0. The molecule has 1 aliphatic carbocycles. The number of halogens is 2. The van der Waals surface area contributed by atoms with Gasteiger partial charge in [0.25, 0.3) is 0 Å². The molecule has 0 radical (unpaired) electrons. The standard InChI is InChI=1S/C7H13F2N/c1-5-2-6(10)4-7(8,9)3-5/h5-6H,2-4,10H2,1H3. The highest BCUT2D eigenvalue weighted by Crippen LogP contribution is 2.35. The van der Waals surface area contributed by atoms with Crippen LogP contribution in [0.3, 0.4) is 0 Å². The van der Waals surface area contributed by atoms with Crippen molar-refractivity contribution in [1.82, 2.24) is 0 Å². The van der Waals surface area contributed by atoms with E-state index < -0.39 is 5.92 Å². The smallest absolute Gasteiger partial charge is 0.249 e. The number of hydrogen-bond acceptors (Lipinski definition) is 1. The fraction of sp³-hybridized carbons (Fsp3) is 1.00. The second-order valence-electron chi connectivity index (χ2n) is 3.37. The van der Waals surface area contributed by atoms with E-state index in [2.05, 4.69) is 0 Å². The molecular formula is C7H13F2N. The zero-order valence-electron chi connectivity index (χ0n) is 6.11. The molecule has 2 N–H and O–H groups in total. The Morgan fingerprint density at radius 1 is 1.40 bits per heavy atom. The van der Waals surface area contributed by atoms with Crippen LogP contribution in [0, 0.1) is 5.92 Å². The fourth-order valence-corrected chi connectivity index (χ4v) is 1.66. The topological polar surface area (TPSA) is 26.0 Å². The summed E-state index contributed by atoms with van der Waals surface area (Å²) < 4.78 is 25.3. The van der Waals surface area contributed by atoms with Gasteiger partial charge in [0, 0.05) is 18.9 Å². The molecule has 0 spiro atoms. The lowest BCUT2D eigenvalue weighted by molar-refractivity contribution is -0.0556. The molecule has 0 saturated heterocycles. The van der Waals surface area contributed by atoms with Crippen molar-refractivity contribution < 1.29 is 8.78 Å². The van der Waals surface area contributed by atoms with Crippen LogP contribution in [0.4, 0.5) is 8.78 Å². The Morgan fingerprint density at radius 3 is 2.40 bits per heavy atom. The second-order valence-corrected chi connectivity index (χ2v) is 3.37. The molecule has 1 nitrogen and oxygen atoms in total. The molecule has 1 fully saturated rings. The van der Waals surface area contributed by atoms with Crippen LogP contribution >= 0.6 is 0 Å². The number of hydrogen-bond donors (Lipinski definition) is 1. The molecular weight excluding hydrogens is 136 g/mol. The summed E-state index contributed by atoms with van der Waals surface area (Å²) in [6, 6.07) is -0.293. The average Bonchev–Trinajstić information content (AvgIpc) is 1.54. The van der Waals surface area contributed by atoms with Gasteiger partial charge in [0.2, 0.25) is 5.92 Å². The zero-order valence-corrected chi connectivity index (χ0v) is 6.11. The molecule has 2 atom stereocenters. The van der Waals surface area contributed by atoms with Crippen molar-refractivity contribution in [3.8, 4) is 0 Å². The third kappa shape index (κ3) is 1.90. The van der Waals surface area contributed by atoms with Gasteiger partial charge in [-0.25, -0.2) is 8.78 Å². The monoisotopic (exact) mass is 149 g/mol. The van der Waals surface area contributed by atoms with E-state index in [0.29, 0.717) is 0 Å². The zero-order chi connectivity index (χ0) is 7.78. The first-order valence-corrected chi connectivity index (χ1v) is 3.63. The SMILES string of the molecule is CC1CC(N)CC(F)(F)C1. The first kappa shape index (κ1) is 7.92. The highest BCUT2D eigenvalue weighted by Gasteiger charge is 2.37. The largest absolute Gasteiger partial charge is 0.327 e. The van der Waals surface area contributed by atoms with Crippen molar-refractivity contribution >= 4 is 0 Å². The predicted molar refractivity (Wildman–Crippen MR) is 35.9 cm³/mol. The van der Waals surface area contributed by atoms with Crippen molar-refractivity contribution in [3.63, 3.8) is 0 Å². The lowest BCUT2D eigenvalue weighted by Crippen LogP contribution is -2.38. The summed E-state index contributed by atoms with van der Waals surface area (Å²) in [5.74, 6) is -2.42. The Morgan fingerprint density at radius 2 is 2.00 bits per heavy atom. The molecule has 1 aliphatic rings. The maximum atomic E-state index is 12.6. The molecule has 0 aromatic heterocycles. The van der Waals surface area contributed by atoms with Crippen molar-refractivity contribution in [3.05, 3.63) is 0 Å².